The second-order valence-corrected chi connectivity index (χ2v) is 4.04. The maximum atomic E-state index is 3.85. The zero-order valence-electron chi connectivity index (χ0n) is 7.22. The highest BCUT2D eigenvalue weighted by atomic mass is 14.9. The van der Waals surface area contributed by atoms with Crippen molar-refractivity contribution in [3.8, 4) is 0 Å². The summed E-state index contributed by atoms with van der Waals surface area (Å²) in [4.78, 5) is 0. The number of hydrogen-bond donors (Lipinski definition) is 1. The van der Waals surface area contributed by atoms with E-state index < -0.39 is 0 Å². The Balaban J connectivity index is 1.89. The van der Waals surface area contributed by atoms with Crippen LogP contribution in [0.25, 0.3) is 0 Å². The van der Waals surface area contributed by atoms with Crippen LogP contribution >= 0.6 is 0 Å². The van der Waals surface area contributed by atoms with E-state index in [1.165, 1.54) is 19.3 Å². The van der Waals surface area contributed by atoms with Gasteiger partial charge in [0, 0.05) is 6.04 Å². The molecular formula is C10H17N. The molecule has 0 radical (unpaired) electrons. The van der Waals surface area contributed by atoms with Gasteiger partial charge in [-0.3, -0.25) is 0 Å². The molecule has 3 atom stereocenters. The van der Waals surface area contributed by atoms with Crippen LogP contribution in [0.3, 0.4) is 0 Å². The monoisotopic (exact) mass is 151 g/mol. The minimum Gasteiger partial charge on any atom is -0.313 e. The molecule has 0 aromatic carbocycles. The van der Waals surface area contributed by atoms with E-state index in [4.69, 9.17) is 0 Å². The number of fused-ring (bicyclic) bond motifs is 1. The van der Waals surface area contributed by atoms with Crippen molar-refractivity contribution in [3.05, 3.63) is 12.7 Å². The summed E-state index contributed by atoms with van der Waals surface area (Å²) in [5.41, 5.74) is 0. The van der Waals surface area contributed by atoms with Gasteiger partial charge in [-0.1, -0.05) is 6.08 Å². The predicted octanol–water partition coefficient (Wildman–Crippen LogP) is 1.81. The van der Waals surface area contributed by atoms with Gasteiger partial charge < -0.3 is 5.32 Å². The third-order valence-corrected chi connectivity index (χ3v) is 3.38. The Kier molecular flexibility index (Phi) is 1.76. The van der Waals surface area contributed by atoms with E-state index in [0.29, 0.717) is 6.04 Å². The number of likely N-dealkylation sites (N-methyl/N-ethyl adjacent to an activating group) is 1. The van der Waals surface area contributed by atoms with E-state index in [2.05, 4.69) is 18.0 Å². The Labute approximate surface area is 68.9 Å². The minimum atomic E-state index is 0.572. The molecule has 2 rings (SSSR count). The van der Waals surface area contributed by atoms with E-state index in [1.54, 1.807) is 0 Å². The standard InChI is InChI=1S/C10H17N/c1-3-10(11-2)9-5-7-4-8(7)6-9/h3,7-11H,1,4-6H2,2H3. The van der Waals surface area contributed by atoms with Crippen molar-refractivity contribution in [2.75, 3.05) is 7.05 Å². The van der Waals surface area contributed by atoms with Crippen molar-refractivity contribution >= 4 is 0 Å². The molecule has 0 saturated heterocycles. The van der Waals surface area contributed by atoms with Gasteiger partial charge in [0.15, 0.2) is 0 Å². The largest absolute Gasteiger partial charge is 0.313 e. The molecule has 0 aromatic rings. The second kappa shape index (κ2) is 2.63. The van der Waals surface area contributed by atoms with Gasteiger partial charge in [0.05, 0.1) is 0 Å². The van der Waals surface area contributed by atoms with E-state index in [-0.39, 0.29) is 0 Å². The topological polar surface area (TPSA) is 12.0 Å². The van der Waals surface area contributed by atoms with Gasteiger partial charge in [-0.2, -0.15) is 0 Å². The number of hydrogen-bond acceptors (Lipinski definition) is 1. The van der Waals surface area contributed by atoms with Crippen LogP contribution in [-0.4, -0.2) is 13.1 Å². The van der Waals surface area contributed by atoms with Gasteiger partial charge in [-0.15, -0.1) is 6.58 Å². The fourth-order valence-corrected chi connectivity index (χ4v) is 2.60. The van der Waals surface area contributed by atoms with Crippen molar-refractivity contribution in [3.63, 3.8) is 0 Å². The summed E-state index contributed by atoms with van der Waals surface area (Å²) in [6.45, 7) is 3.85. The summed E-state index contributed by atoms with van der Waals surface area (Å²) < 4.78 is 0. The van der Waals surface area contributed by atoms with Gasteiger partial charge in [0.2, 0.25) is 0 Å². The molecule has 11 heavy (non-hydrogen) atoms. The van der Waals surface area contributed by atoms with E-state index >= 15 is 0 Å². The second-order valence-electron chi connectivity index (χ2n) is 4.04. The van der Waals surface area contributed by atoms with Crippen molar-refractivity contribution in [2.24, 2.45) is 17.8 Å². The van der Waals surface area contributed by atoms with E-state index in [1.807, 2.05) is 7.05 Å². The zero-order valence-corrected chi connectivity index (χ0v) is 7.22. The summed E-state index contributed by atoms with van der Waals surface area (Å²) in [5, 5.41) is 3.32. The average Bonchev–Trinajstić information content (AvgIpc) is 2.62. The maximum absolute atomic E-state index is 3.85. The summed E-state index contributed by atoms with van der Waals surface area (Å²) >= 11 is 0. The molecule has 1 heteroatoms. The lowest BCUT2D eigenvalue weighted by Gasteiger charge is -2.20. The van der Waals surface area contributed by atoms with Crippen molar-refractivity contribution in [2.45, 2.75) is 25.3 Å². The smallest absolute Gasteiger partial charge is 0.0273 e. The SMILES string of the molecule is C=CC(NC)C1CC2CC2C1. The zero-order chi connectivity index (χ0) is 7.84. The summed E-state index contributed by atoms with van der Waals surface area (Å²) in [7, 11) is 2.04. The van der Waals surface area contributed by atoms with Crippen molar-refractivity contribution in [1.82, 2.24) is 5.32 Å². The van der Waals surface area contributed by atoms with Crippen LogP contribution in [0.15, 0.2) is 12.7 Å². The average molecular weight is 151 g/mol. The summed E-state index contributed by atoms with van der Waals surface area (Å²) in [6, 6.07) is 0.572. The predicted molar refractivity (Wildman–Crippen MR) is 47.4 cm³/mol. The molecule has 3 unspecified atom stereocenters. The molecule has 1 N–H and O–H groups in total. The summed E-state index contributed by atoms with van der Waals surface area (Å²) in [6.07, 6.45) is 6.48. The Morgan fingerprint density at radius 3 is 2.45 bits per heavy atom. The number of nitrogens with one attached hydrogen (secondary N) is 1. The molecule has 0 bridgehead atoms. The lowest BCUT2D eigenvalue weighted by molar-refractivity contribution is 0.401. The Hall–Kier alpha value is -0.300. The first kappa shape index (κ1) is 7.35. The Bertz CT molecular complexity index is 154. The van der Waals surface area contributed by atoms with Crippen LogP contribution in [-0.2, 0) is 0 Å². The van der Waals surface area contributed by atoms with Gasteiger partial charge in [0.25, 0.3) is 0 Å². The van der Waals surface area contributed by atoms with Crippen LogP contribution in [0.4, 0.5) is 0 Å². The Morgan fingerprint density at radius 2 is 2.00 bits per heavy atom. The highest BCUT2D eigenvalue weighted by Crippen LogP contribution is 2.55. The normalized spacial score (nSPS) is 43.2. The van der Waals surface area contributed by atoms with Crippen molar-refractivity contribution < 1.29 is 0 Å². The molecule has 0 aromatic heterocycles. The molecule has 0 spiro atoms. The van der Waals surface area contributed by atoms with E-state index in [0.717, 1.165) is 17.8 Å². The highest BCUT2D eigenvalue weighted by Gasteiger charge is 2.47. The molecule has 62 valence electrons. The van der Waals surface area contributed by atoms with Crippen LogP contribution < -0.4 is 5.32 Å². The molecule has 2 fully saturated rings. The first-order chi connectivity index (χ1) is 5.35. The molecule has 0 amide bonds. The third kappa shape index (κ3) is 1.22. The Morgan fingerprint density at radius 1 is 1.36 bits per heavy atom. The van der Waals surface area contributed by atoms with Gasteiger partial charge in [0.1, 0.15) is 0 Å². The van der Waals surface area contributed by atoms with Crippen LogP contribution in [0.1, 0.15) is 19.3 Å². The van der Waals surface area contributed by atoms with Gasteiger partial charge >= 0.3 is 0 Å². The van der Waals surface area contributed by atoms with Gasteiger partial charge in [-0.25, -0.2) is 0 Å². The molecule has 2 aliphatic rings. The molecule has 2 saturated carbocycles. The van der Waals surface area contributed by atoms with Gasteiger partial charge in [-0.05, 0) is 44.1 Å². The molecule has 1 nitrogen and oxygen atoms in total. The molecule has 0 aliphatic heterocycles. The molecule has 2 aliphatic carbocycles. The van der Waals surface area contributed by atoms with Crippen molar-refractivity contribution in [1.29, 1.82) is 0 Å². The summed E-state index contributed by atoms with van der Waals surface area (Å²) in [5.74, 6) is 3.08. The fraction of sp³-hybridized carbons (Fsp3) is 0.800. The quantitative estimate of drug-likeness (QED) is 0.606. The highest BCUT2D eigenvalue weighted by molar-refractivity contribution is 5.02. The lowest BCUT2D eigenvalue weighted by atomic mass is 9.95. The lowest BCUT2D eigenvalue weighted by Crippen LogP contribution is -2.30. The first-order valence-electron chi connectivity index (χ1n) is 4.65. The number of rotatable bonds is 3. The third-order valence-electron chi connectivity index (χ3n) is 3.38. The van der Waals surface area contributed by atoms with Crippen LogP contribution in [0, 0.1) is 17.8 Å². The fourth-order valence-electron chi connectivity index (χ4n) is 2.60. The first-order valence-corrected chi connectivity index (χ1v) is 4.65. The molecular weight excluding hydrogens is 134 g/mol. The van der Waals surface area contributed by atoms with Crippen LogP contribution in [0.5, 0.6) is 0 Å². The minimum absolute atomic E-state index is 0.572. The van der Waals surface area contributed by atoms with Crippen LogP contribution in [0.2, 0.25) is 0 Å². The molecule has 0 heterocycles. The maximum Gasteiger partial charge on any atom is 0.0273 e. The van der Waals surface area contributed by atoms with E-state index in [9.17, 15) is 0 Å².